The van der Waals surface area contributed by atoms with Crippen LogP contribution in [0.3, 0.4) is 0 Å². The van der Waals surface area contributed by atoms with E-state index in [0.29, 0.717) is 5.56 Å². The number of hydrogen-bond acceptors (Lipinski definition) is 2. The number of anilines is 2. The first-order chi connectivity index (χ1) is 12.6. The van der Waals surface area contributed by atoms with E-state index in [2.05, 4.69) is 5.32 Å². The highest BCUT2D eigenvalue weighted by Crippen LogP contribution is 2.33. The molecule has 1 N–H and O–H groups in total. The lowest BCUT2D eigenvalue weighted by atomic mass is 10.1. The number of rotatable bonds is 3. The Morgan fingerprint density at radius 1 is 1.19 bits per heavy atom. The van der Waals surface area contributed by atoms with E-state index >= 15 is 0 Å². The van der Waals surface area contributed by atoms with Crippen LogP contribution in [0, 0.1) is 18.7 Å². The zero-order valence-electron chi connectivity index (χ0n) is 14.3. The molecule has 142 valence electrons. The van der Waals surface area contributed by atoms with Crippen molar-refractivity contribution in [1.82, 2.24) is 0 Å². The summed E-state index contributed by atoms with van der Waals surface area (Å²) in [4.78, 5) is 25.7. The molecule has 2 aromatic carbocycles. The van der Waals surface area contributed by atoms with Crippen molar-refractivity contribution in [3.05, 3.63) is 59.4 Å². The smallest absolute Gasteiger partial charge is 0.326 e. The van der Waals surface area contributed by atoms with E-state index in [1.54, 1.807) is 6.92 Å². The van der Waals surface area contributed by atoms with Gasteiger partial charge in [0.25, 0.3) is 0 Å². The molecule has 0 aromatic heterocycles. The summed E-state index contributed by atoms with van der Waals surface area (Å²) in [5.41, 5.74) is -0.0878. The van der Waals surface area contributed by atoms with Crippen LogP contribution in [0.4, 0.5) is 28.9 Å². The highest BCUT2D eigenvalue weighted by molar-refractivity contribution is 6.03. The molecule has 27 heavy (non-hydrogen) atoms. The minimum atomic E-state index is -4.52. The van der Waals surface area contributed by atoms with E-state index in [1.807, 2.05) is 0 Å². The monoisotopic (exact) mass is 380 g/mol. The van der Waals surface area contributed by atoms with Gasteiger partial charge in [0.15, 0.2) is 0 Å². The second kappa shape index (κ2) is 7.02. The van der Waals surface area contributed by atoms with Gasteiger partial charge < -0.3 is 10.2 Å². The maximum atomic E-state index is 13.6. The molecular weight excluding hydrogens is 364 g/mol. The fourth-order valence-electron chi connectivity index (χ4n) is 2.90. The van der Waals surface area contributed by atoms with Gasteiger partial charge in [-0.1, -0.05) is 12.1 Å². The number of benzene rings is 2. The van der Waals surface area contributed by atoms with E-state index < -0.39 is 35.3 Å². The number of carbonyl (C=O) groups excluding carboxylic acids is 2. The molecule has 1 fully saturated rings. The van der Waals surface area contributed by atoms with Gasteiger partial charge in [-0.25, -0.2) is 4.39 Å². The molecule has 1 aliphatic rings. The van der Waals surface area contributed by atoms with Crippen LogP contribution in [0.2, 0.25) is 0 Å². The zero-order valence-corrected chi connectivity index (χ0v) is 14.3. The number of halogens is 4. The van der Waals surface area contributed by atoms with Gasteiger partial charge in [-0.15, -0.1) is 0 Å². The fraction of sp³-hybridized carbons (Fsp3) is 0.263. The number of carbonyl (C=O) groups is 2. The van der Waals surface area contributed by atoms with Crippen molar-refractivity contribution in [2.45, 2.75) is 19.5 Å². The van der Waals surface area contributed by atoms with Crippen LogP contribution in [0.15, 0.2) is 42.5 Å². The van der Waals surface area contributed by atoms with Crippen LogP contribution in [0.1, 0.15) is 17.5 Å². The highest BCUT2D eigenvalue weighted by atomic mass is 19.4. The summed E-state index contributed by atoms with van der Waals surface area (Å²) < 4.78 is 52.2. The first-order valence-corrected chi connectivity index (χ1v) is 8.20. The summed E-state index contributed by atoms with van der Waals surface area (Å²) in [6.45, 7) is 1.55. The van der Waals surface area contributed by atoms with Crippen LogP contribution in [0.25, 0.3) is 0 Å². The zero-order chi connectivity index (χ0) is 19.8. The molecular formula is C19H16F4N2O2. The van der Waals surface area contributed by atoms with E-state index in [-0.39, 0.29) is 24.3 Å². The Morgan fingerprint density at radius 2 is 1.93 bits per heavy atom. The minimum absolute atomic E-state index is 0.0413. The quantitative estimate of drug-likeness (QED) is 0.814. The Labute approximate surface area is 152 Å². The molecule has 3 rings (SSSR count). The third-order valence-electron chi connectivity index (χ3n) is 4.42. The van der Waals surface area contributed by atoms with Crippen molar-refractivity contribution in [1.29, 1.82) is 0 Å². The number of amides is 2. The average molecular weight is 380 g/mol. The third-order valence-corrected chi connectivity index (χ3v) is 4.42. The van der Waals surface area contributed by atoms with Gasteiger partial charge in [-0.2, -0.15) is 13.2 Å². The number of aryl methyl sites for hydroxylation is 1. The van der Waals surface area contributed by atoms with Crippen molar-refractivity contribution in [2.24, 2.45) is 5.92 Å². The van der Waals surface area contributed by atoms with Gasteiger partial charge in [0, 0.05) is 24.3 Å². The van der Waals surface area contributed by atoms with E-state index in [1.165, 1.54) is 30.3 Å². The first kappa shape index (κ1) is 18.9. The predicted octanol–water partition coefficient (Wildman–Crippen LogP) is 4.14. The maximum Gasteiger partial charge on any atom is 0.416 e. The predicted molar refractivity (Wildman–Crippen MR) is 91.7 cm³/mol. The topological polar surface area (TPSA) is 49.4 Å². The Balaban J connectivity index is 1.73. The molecule has 1 aliphatic heterocycles. The van der Waals surface area contributed by atoms with Crippen LogP contribution in [-0.4, -0.2) is 18.4 Å². The van der Waals surface area contributed by atoms with Gasteiger partial charge in [-0.05, 0) is 42.8 Å². The van der Waals surface area contributed by atoms with Crippen LogP contribution in [-0.2, 0) is 15.8 Å². The molecule has 8 heteroatoms. The van der Waals surface area contributed by atoms with Crippen LogP contribution in [0.5, 0.6) is 0 Å². The maximum absolute atomic E-state index is 13.6. The first-order valence-electron chi connectivity index (χ1n) is 8.20. The van der Waals surface area contributed by atoms with Crippen molar-refractivity contribution >= 4 is 23.2 Å². The normalized spacial score (nSPS) is 17.3. The molecule has 2 amide bonds. The second-order valence-electron chi connectivity index (χ2n) is 6.41. The lowest BCUT2D eigenvalue weighted by Gasteiger charge is -2.18. The minimum Gasteiger partial charge on any atom is -0.326 e. The Bertz CT molecular complexity index is 896. The SMILES string of the molecule is Cc1ccc(NC(=O)[C@@H]2CC(=O)N(c3cccc(C(F)(F)F)c3)C2)cc1F. The van der Waals surface area contributed by atoms with E-state index in [0.717, 1.165) is 17.0 Å². The average Bonchev–Trinajstić information content (AvgIpc) is 2.99. The highest BCUT2D eigenvalue weighted by Gasteiger charge is 2.37. The summed E-state index contributed by atoms with van der Waals surface area (Å²) in [5.74, 6) is -2.14. The summed E-state index contributed by atoms with van der Waals surface area (Å²) in [5, 5.41) is 2.54. The van der Waals surface area contributed by atoms with E-state index in [4.69, 9.17) is 0 Å². The molecule has 1 heterocycles. The van der Waals surface area contributed by atoms with Gasteiger partial charge in [0.05, 0.1) is 11.5 Å². The molecule has 2 aromatic rings. The van der Waals surface area contributed by atoms with E-state index in [9.17, 15) is 27.2 Å². The molecule has 0 bridgehead atoms. The molecule has 0 saturated carbocycles. The summed E-state index contributed by atoms with van der Waals surface area (Å²) in [6.07, 6.45) is -4.65. The fourth-order valence-corrected chi connectivity index (χ4v) is 2.90. The van der Waals surface area contributed by atoms with Crippen molar-refractivity contribution in [3.8, 4) is 0 Å². The Morgan fingerprint density at radius 3 is 2.59 bits per heavy atom. The van der Waals surface area contributed by atoms with Gasteiger partial charge in [-0.3, -0.25) is 9.59 Å². The van der Waals surface area contributed by atoms with Gasteiger partial charge in [0.1, 0.15) is 5.82 Å². The molecule has 0 unspecified atom stereocenters. The van der Waals surface area contributed by atoms with Crippen molar-refractivity contribution < 1.29 is 27.2 Å². The summed E-state index contributed by atoms with van der Waals surface area (Å²) in [7, 11) is 0. The Kier molecular flexibility index (Phi) is 4.91. The second-order valence-corrected chi connectivity index (χ2v) is 6.41. The number of nitrogens with zero attached hydrogens (tertiary/aromatic N) is 1. The lowest BCUT2D eigenvalue weighted by Crippen LogP contribution is -2.28. The molecule has 0 spiro atoms. The van der Waals surface area contributed by atoms with Gasteiger partial charge >= 0.3 is 6.18 Å². The molecule has 1 atom stereocenters. The van der Waals surface area contributed by atoms with Crippen molar-refractivity contribution in [2.75, 3.05) is 16.8 Å². The number of alkyl halides is 3. The summed E-state index contributed by atoms with van der Waals surface area (Å²) >= 11 is 0. The standard InChI is InChI=1S/C19H16F4N2O2/c1-11-5-6-14(9-16(11)20)24-18(27)12-7-17(26)25(10-12)15-4-2-3-13(8-15)19(21,22)23/h2-6,8-9,12H,7,10H2,1H3,(H,24,27)/t12-/m1/s1. The molecule has 1 saturated heterocycles. The van der Waals surface area contributed by atoms with Crippen LogP contribution < -0.4 is 10.2 Å². The van der Waals surface area contributed by atoms with Crippen molar-refractivity contribution in [3.63, 3.8) is 0 Å². The molecule has 0 aliphatic carbocycles. The lowest BCUT2D eigenvalue weighted by molar-refractivity contribution is -0.137. The Hall–Kier alpha value is -2.90. The summed E-state index contributed by atoms with van der Waals surface area (Å²) in [6, 6.07) is 8.64. The number of nitrogens with one attached hydrogen (secondary N) is 1. The number of hydrogen-bond donors (Lipinski definition) is 1. The molecule has 0 radical (unpaired) electrons. The largest absolute Gasteiger partial charge is 0.416 e. The van der Waals surface area contributed by atoms with Crippen LogP contribution >= 0.6 is 0 Å². The molecule has 4 nitrogen and oxygen atoms in total. The van der Waals surface area contributed by atoms with Gasteiger partial charge in [0.2, 0.25) is 11.8 Å². The third kappa shape index (κ3) is 4.10.